The molecule has 0 spiro atoms. The molecule has 0 radical (unpaired) electrons. The third-order valence-corrected chi connectivity index (χ3v) is 3.72. The smallest absolute Gasteiger partial charge is 0.161 e. The van der Waals surface area contributed by atoms with Gasteiger partial charge in [-0.15, -0.1) is 0 Å². The lowest BCUT2D eigenvalue weighted by atomic mass is 10.1. The number of rotatable bonds is 5. The third-order valence-electron chi connectivity index (χ3n) is 3.72. The molecule has 112 valence electrons. The summed E-state index contributed by atoms with van der Waals surface area (Å²) in [6.07, 6.45) is 3.85. The van der Waals surface area contributed by atoms with Crippen molar-refractivity contribution in [2.45, 2.75) is 26.4 Å². The van der Waals surface area contributed by atoms with Crippen LogP contribution >= 0.6 is 0 Å². The average molecular weight is 287 g/mol. The fraction of sp³-hybridized carbons (Fsp3) is 0.438. The second-order valence-corrected chi connectivity index (χ2v) is 5.14. The van der Waals surface area contributed by atoms with Gasteiger partial charge in [0.1, 0.15) is 19.0 Å². The Morgan fingerprint density at radius 1 is 1.29 bits per heavy atom. The quantitative estimate of drug-likeness (QED) is 0.917. The minimum atomic E-state index is 0.221. The van der Waals surface area contributed by atoms with Crippen molar-refractivity contribution in [1.82, 2.24) is 14.9 Å². The first-order valence-electron chi connectivity index (χ1n) is 7.38. The van der Waals surface area contributed by atoms with Crippen LogP contribution in [0.1, 0.15) is 24.4 Å². The summed E-state index contributed by atoms with van der Waals surface area (Å²) in [5.74, 6) is 2.69. The van der Waals surface area contributed by atoms with E-state index < -0.39 is 0 Å². The van der Waals surface area contributed by atoms with Crippen molar-refractivity contribution in [3.63, 3.8) is 0 Å². The van der Waals surface area contributed by atoms with E-state index in [0.717, 1.165) is 30.4 Å². The zero-order valence-corrected chi connectivity index (χ0v) is 12.5. The van der Waals surface area contributed by atoms with Gasteiger partial charge in [0.05, 0.1) is 6.04 Å². The second-order valence-electron chi connectivity index (χ2n) is 5.14. The summed E-state index contributed by atoms with van der Waals surface area (Å²) in [5.41, 5.74) is 1.20. The Hall–Kier alpha value is -2.01. The maximum Gasteiger partial charge on any atom is 0.161 e. The van der Waals surface area contributed by atoms with E-state index in [1.165, 1.54) is 5.56 Å². The Bertz CT molecular complexity index is 609. The van der Waals surface area contributed by atoms with E-state index >= 15 is 0 Å². The van der Waals surface area contributed by atoms with Gasteiger partial charge in [-0.2, -0.15) is 0 Å². The molecule has 0 fully saturated rings. The zero-order valence-electron chi connectivity index (χ0n) is 12.5. The lowest BCUT2D eigenvalue weighted by Crippen LogP contribution is -2.26. The van der Waals surface area contributed by atoms with Crippen LogP contribution in [0.5, 0.6) is 11.5 Å². The Balaban J connectivity index is 1.84. The summed E-state index contributed by atoms with van der Waals surface area (Å²) < 4.78 is 13.4. The van der Waals surface area contributed by atoms with Crippen molar-refractivity contribution in [2.24, 2.45) is 0 Å². The molecule has 1 aliphatic heterocycles. The SMILES string of the molecule is CCNC(Cn1ccnc1C)c1ccc2c(c1)OCCO2. The number of hydrogen-bond acceptors (Lipinski definition) is 4. The van der Waals surface area contributed by atoms with Crippen molar-refractivity contribution >= 4 is 0 Å². The first-order valence-corrected chi connectivity index (χ1v) is 7.38. The lowest BCUT2D eigenvalue weighted by molar-refractivity contribution is 0.171. The number of aromatic nitrogens is 2. The Kier molecular flexibility index (Phi) is 4.10. The standard InChI is InChI=1S/C16H21N3O2/c1-3-17-14(11-19-7-6-18-12(19)2)13-4-5-15-16(10-13)21-9-8-20-15/h4-7,10,14,17H,3,8-9,11H2,1-2H3. The summed E-state index contributed by atoms with van der Waals surface area (Å²) in [7, 11) is 0. The number of aryl methyl sites for hydroxylation is 1. The number of nitrogens with zero attached hydrogens (tertiary/aromatic N) is 2. The average Bonchev–Trinajstić information content (AvgIpc) is 2.91. The van der Waals surface area contributed by atoms with Crippen LogP contribution in [0.4, 0.5) is 0 Å². The zero-order chi connectivity index (χ0) is 14.7. The van der Waals surface area contributed by atoms with Gasteiger partial charge in [-0.25, -0.2) is 4.98 Å². The van der Waals surface area contributed by atoms with E-state index in [-0.39, 0.29) is 6.04 Å². The molecule has 0 bridgehead atoms. The Morgan fingerprint density at radius 2 is 2.10 bits per heavy atom. The molecule has 0 amide bonds. The molecule has 3 rings (SSSR count). The molecule has 2 heterocycles. The van der Waals surface area contributed by atoms with E-state index in [1.54, 1.807) is 0 Å². The highest BCUT2D eigenvalue weighted by Crippen LogP contribution is 2.33. The summed E-state index contributed by atoms with van der Waals surface area (Å²) in [6, 6.07) is 6.40. The van der Waals surface area contributed by atoms with Crippen LogP contribution in [0.3, 0.4) is 0 Å². The van der Waals surface area contributed by atoms with Crippen molar-refractivity contribution in [2.75, 3.05) is 19.8 Å². The molecule has 1 atom stereocenters. The number of fused-ring (bicyclic) bond motifs is 1. The molecule has 1 aromatic carbocycles. The van der Waals surface area contributed by atoms with E-state index in [9.17, 15) is 0 Å². The summed E-state index contributed by atoms with van der Waals surface area (Å²) in [4.78, 5) is 4.28. The predicted molar refractivity (Wildman–Crippen MR) is 80.8 cm³/mol. The van der Waals surface area contributed by atoms with Crippen LogP contribution in [0.25, 0.3) is 0 Å². The molecular weight excluding hydrogens is 266 g/mol. The molecule has 21 heavy (non-hydrogen) atoms. The maximum absolute atomic E-state index is 5.68. The minimum absolute atomic E-state index is 0.221. The highest BCUT2D eigenvalue weighted by Gasteiger charge is 2.17. The van der Waals surface area contributed by atoms with Crippen molar-refractivity contribution < 1.29 is 9.47 Å². The second kappa shape index (κ2) is 6.18. The molecule has 1 aliphatic rings. The van der Waals surface area contributed by atoms with Crippen LogP contribution in [0.15, 0.2) is 30.6 Å². The van der Waals surface area contributed by atoms with Gasteiger partial charge in [-0.1, -0.05) is 13.0 Å². The van der Waals surface area contributed by atoms with Gasteiger partial charge in [0.25, 0.3) is 0 Å². The van der Waals surface area contributed by atoms with E-state index in [4.69, 9.17) is 9.47 Å². The van der Waals surface area contributed by atoms with E-state index in [0.29, 0.717) is 13.2 Å². The molecule has 1 aromatic heterocycles. The van der Waals surface area contributed by atoms with Crippen molar-refractivity contribution in [3.8, 4) is 11.5 Å². The third kappa shape index (κ3) is 3.03. The van der Waals surface area contributed by atoms with E-state index in [1.807, 2.05) is 25.4 Å². The lowest BCUT2D eigenvalue weighted by Gasteiger charge is -2.23. The molecule has 0 saturated heterocycles. The summed E-state index contributed by atoms with van der Waals surface area (Å²) in [6.45, 7) is 7.13. The molecule has 2 aromatic rings. The van der Waals surface area contributed by atoms with Crippen molar-refractivity contribution in [3.05, 3.63) is 42.0 Å². The molecule has 5 nitrogen and oxygen atoms in total. The Morgan fingerprint density at radius 3 is 2.81 bits per heavy atom. The first kappa shape index (κ1) is 13.9. The highest BCUT2D eigenvalue weighted by molar-refractivity contribution is 5.44. The monoisotopic (exact) mass is 287 g/mol. The molecule has 5 heteroatoms. The molecule has 0 saturated carbocycles. The van der Waals surface area contributed by atoms with Crippen LogP contribution in [-0.4, -0.2) is 29.3 Å². The largest absolute Gasteiger partial charge is 0.486 e. The number of imidazole rings is 1. The number of hydrogen-bond donors (Lipinski definition) is 1. The normalized spacial score (nSPS) is 15.0. The van der Waals surface area contributed by atoms with Crippen LogP contribution in [-0.2, 0) is 6.54 Å². The number of likely N-dealkylation sites (N-methyl/N-ethyl adjacent to an activating group) is 1. The molecule has 1 N–H and O–H groups in total. The van der Waals surface area contributed by atoms with Crippen LogP contribution in [0, 0.1) is 6.92 Å². The van der Waals surface area contributed by atoms with Crippen molar-refractivity contribution in [1.29, 1.82) is 0 Å². The summed E-state index contributed by atoms with van der Waals surface area (Å²) in [5, 5.41) is 3.53. The van der Waals surface area contributed by atoms with Crippen LogP contribution in [0.2, 0.25) is 0 Å². The fourth-order valence-electron chi connectivity index (χ4n) is 2.60. The van der Waals surface area contributed by atoms with E-state index in [2.05, 4.69) is 33.9 Å². The first-order chi connectivity index (χ1) is 10.3. The molecule has 0 aliphatic carbocycles. The fourth-order valence-corrected chi connectivity index (χ4v) is 2.60. The van der Waals surface area contributed by atoms with Crippen LogP contribution < -0.4 is 14.8 Å². The van der Waals surface area contributed by atoms with Gasteiger partial charge in [-0.05, 0) is 31.2 Å². The molecule has 1 unspecified atom stereocenters. The maximum atomic E-state index is 5.68. The van der Waals surface area contributed by atoms with Gasteiger partial charge < -0.3 is 19.4 Å². The van der Waals surface area contributed by atoms with Gasteiger partial charge in [0.15, 0.2) is 11.5 Å². The highest BCUT2D eigenvalue weighted by atomic mass is 16.6. The van der Waals surface area contributed by atoms with Gasteiger partial charge in [0.2, 0.25) is 0 Å². The number of benzene rings is 1. The Labute approximate surface area is 124 Å². The topological polar surface area (TPSA) is 48.3 Å². The van der Waals surface area contributed by atoms with Gasteiger partial charge in [0, 0.05) is 18.9 Å². The summed E-state index contributed by atoms with van der Waals surface area (Å²) >= 11 is 0. The minimum Gasteiger partial charge on any atom is -0.486 e. The number of nitrogens with one attached hydrogen (secondary N) is 1. The van der Waals surface area contributed by atoms with Gasteiger partial charge >= 0.3 is 0 Å². The van der Waals surface area contributed by atoms with Gasteiger partial charge in [-0.3, -0.25) is 0 Å². The predicted octanol–water partition coefficient (Wildman–Crippen LogP) is 2.31. The number of ether oxygens (including phenoxy) is 2. The molecular formula is C16H21N3O2.